The molecule has 0 aliphatic heterocycles. The molecule has 186 valence electrons. The van der Waals surface area contributed by atoms with Gasteiger partial charge in [0.05, 0.1) is 33.9 Å². The summed E-state index contributed by atoms with van der Waals surface area (Å²) < 4.78 is 74.4. The number of aromatic nitrogens is 2. The molecular weight excluding hydrogens is 479 g/mol. The minimum absolute atomic E-state index is 0.0689. The molecule has 34 heavy (non-hydrogen) atoms. The van der Waals surface area contributed by atoms with Crippen LogP contribution >= 0.6 is 0 Å². The number of benzene rings is 1. The predicted octanol–water partition coefficient (Wildman–Crippen LogP) is 2.31. The van der Waals surface area contributed by atoms with Crippen LogP contribution in [0.1, 0.15) is 18.4 Å². The zero-order chi connectivity index (χ0) is 25.4. The molecule has 9 nitrogen and oxygen atoms in total. The third-order valence-corrected chi connectivity index (χ3v) is 8.11. The van der Waals surface area contributed by atoms with Gasteiger partial charge < -0.3 is 14.7 Å². The van der Waals surface area contributed by atoms with Crippen molar-refractivity contribution >= 4 is 21.7 Å². The van der Waals surface area contributed by atoms with E-state index >= 15 is 0 Å². The first kappa shape index (κ1) is 25.7. The van der Waals surface area contributed by atoms with Crippen molar-refractivity contribution in [2.75, 3.05) is 21.2 Å². The summed E-state index contributed by atoms with van der Waals surface area (Å²) in [6, 6.07) is 2.83. The van der Waals surface area contributed by atoms with Crippen LogP contribution in [0.4, 0.5) is 13.2 Å². The second kappa shape index (κ2) is 9.37. The Bertz CT molecular complexity index is 1190. The number of aliphatic carboxylic acids is 1. The van der Waals surface area contributed by atoms with Gasteiger partial charge in [0, 0.05) is 33.0 Å². The number of carboxylic acids is 1. The highest BCUT2D eigenvalue weighted by atomic mass is 32.2. The number of carboxylic acid groups (broad SMARTS) is 1. The maximum absolute atomic E-state index is 13.9. The zero-order valence-corrected chi connectivity index (χ0v) is 19.4. The quantitative estimate of drug-likeness (QED) is 0.616. The van der Waals surface area contributed by atoms with E-state index in [4.69, 9.17) is 4.74 Å². The van der Waals surface area contributed by atoms with Crippen molar-refractivity contribution in [3.8, 4) is 11.1 Å². The van der Waals surface area contributed by atoms with Crippen LogP contribution in [0.2, 0.25) is 0 Å². The highest BCUT2D eigenvalue weighted by molar-refractivity contribution is 7.92. The molecule has 1 aromatic carbocycles. The Balaban J connectivity index is 1.98. The fourth-order valence-electron chi connectivity index (χ4n) is 3.97. The van der Waals surface area contributed by atoms with Crippen LogP contribution in [0, 0.1) is 5.92 Å². The van der Waals surface area contributed by atoms with E-state index in [1.165, 1.54) is 35.2 Å². The van der Waals surface area contributed by atoms with Crippen LogP contribution in [-0.4, -0.2) is 72.6 Å². The highest BCUT2D eigenvalue weighted by Crippen LogP contribution is 2.42. The first-order valence-electron chi connectivity index (χ1n) is 10.2. The molecule has 3 atom stereocenters. The molecule has 1 heterocycles. The van der Waals surface area contributed by atoms with Crippen molar-refractivity contribution < 1.29 is 41.0 Å². The molecule has 1 aliphatic rings. The lowest BCUT2D eigenvalue weighted by atomic mass is 10.1. The number of halogens is 3. The van der Waals surface area contributed by atoms with Crippen molar-refractivity contribution in [2.45, 2.75) is 41.8 Å². The van der Waals surface area contributed by atoms with Gasteiger partial charge in [-0.2, -0.15) is 18.3 Å². The number of methoxy groups -OCH3 is 1. The first-order chi connectivity index (χ1) is 15.8. The number of hydrogen-bond acceptors (Lipinski definition) is 6. The minimum atomic E-state index is -4.99. The van der Waals surface area contributed by atoms with Crippen molar-refractivity contribution in [3.05, 3.63) is 36.2 Å². The maximum Gasteiger partial charge on any atom is 0.417 e. The number of hydrogen-bond donors (Lipinski definition) is 1. The van der Waals surface area contributed by atoms with Gasteiger partial charge in [-0.15, -0.1) is 0 Å². The summed E-state index contributed by atoms with van der Waals surface area (Å²) in [5.74, 6) is -2.66. The maximum atomic E-state index is 13.9. The Morgan fingerprint density at radius 2 is 1.91 bits per heavy atom. The molecule has 1 aliphatic carbocycles. The topological polar surface area (TPSA) is 119 Å². The van der Waals surface area contributed by atoms with Crippen molar-refractivity contribution in [3.63, 3.8) is 0 Å². The number of ether oxygens (including phenoxy) is 1. The van der Waals surface area contributed by atoms with Gasteiger partial charge in [-0.1, -0.05) is 6.07 Å². The smallest absolute Gasteiger partial charge is 0.417 e. The number of carbonyl (C=O) groups is 2. The fraction of sp³-hybridized carbons (Fsp3) is 0.476. The summed E-state index contributed by atoms with van der Waals surface area (Å²) >= 11 is 0. The molecule has 2 aromatic rings. The van der Waals surface area contributed by atoms with Gasteiger partial charge in [-0.3, -0.25) is 14.3 Å². The lowest BCUT2D eigenvalue weighted by Crippen LogP contribution is -2.26. The zero-order valence-electron chi connectivity index (χ0n) is 18.6. The van der Waals surface area contributed by atoms with Crippen LogP contribution in [0.25, 0.3) is 11.1 Å². The summed E-state index contributed by atoms with van der Waals surface area (Å²) in [6.45, 7) is -0.112. The van der Waals surface area contributed by atoms with Crippen LogP contribution in [0.15, 0.2) is 35.5 Å². The van der Waals surface area contributed by atoms with E-state index in [2.05, 4.69) is 5.10 Å². The molecule has 0 radical (unpaired) electrons. The number of alkyl halides is 3. The third-order valence-electron chi connectivity index (χ3n) is 5.87. The molecule has 1 N–H and O–H groups in total. The number of rotatable bonds is 7. The molecule has 0 unspecified atom stereocenters. The molecule has 13 heteroatoms. The average Bonchev–Trinajstić information content (AvgIpc) is 3.40. The molecule has 1 fully saturated rings. The largest absolute Gasteiger partial charge is 0.481 e. The molecule has 3 rings (SSSR count). The first-order valence-corrected chi connectivity index (χ1v) is 11.7. The number of sulfone groups is 1. The molecule has 0 bridgehead atoms. The summed E-state index contributed by atoms with van der Waals surface area (Å²) in [5.41, 5.74) is -1.01. The minimum Gasteiger partial charge on any atom is -0.481 e. The molecule has 1 aromatic heterocycles. The van der Waals surface area contributed by atoms with E-state index in [0.29, 0.717) is 0 Å². The van der Waals surface area contributed by atoms with Gasteiger partial charge >= 0.3 is 12.1 Å². The molecule has 1 amide bonds. The lowest BCUT2D eigenvalue weighted by molar-refractivity contribution is -0.145. The monoisotopic (exact) mass is 503 g/mol. The molecular formula is C21H24F3N3O6S. The standard InChI is InChI=1S/C21H24F3N3O6S/c1-26(2)19(28)11-27-10-13(9-25-27)12-4-5-18(16(6-12)21(22,23)24)34(31,32)14-7-15(20(29)30)17(8-14)33-3/h4-6,9-10,14-15,17H,7-8,11H2,1-3H3,(H,29,30)/t14-,15-,17-/m1/s1. The lowest BCUT2D eigenvalue weighted by Gasteiger charge is -2.18. The Morgan fingerprint density at radius 1 is 1.24 bits per heavy atom. The summed E-state index contributed by atoms with van der Waals surface area (Å²) in [4.78, 5) is 23.7. The van der Waals surface area contributed by atoms with E-state index in [1.54, 1.807) is 14.1 Å². The van der Waals surface area contributed by atoms with E-state index in [0.717, 1.165) is 12.1 Å². The van der Waals surface area contributed by atoms with Gasteiger partial charge in [0.1, 0.15) is 6.54 Å². The van der Waals surface area contributed by atoms with Crippen LogP contribution in [0.3, 0.4) is 0 Å². The van der Waals surface area contributed by atoms with Gasteiger partial charge in [0.25, 0.3) is 0 Å². The van der Waals surface area contributed by atoms with E-state index in [1.807, 2.05) is 0 Å². The summed E-state index contributed by atoms with van der Waals surface area (Å²) in [7, 11) is -0.172. The molecule has 0 saturated heterocycles. The summed E-state index contributed by atoms with van der Waals surface area (Å²) in [5, 5.41) is 12.0. The third kappa shape index (κ3) is 5.09. The van der Waals surface area contributed by atoms with Gasteiger partial charge in [-0.05, 0) is 30.5 Å². The predicted molar refractivity (Wildman–Crippen MR) is 113 cm³/mol. The number of amides is 1. The SMILES string of the molecule is CO[C@@H]1C[C@H](S(=O)(=O)c2ccc(-c3cnn(CC(=O)N(C)C)c3)cc2C(F)(F)F)C[C@H]1C(=O)O. The fourth-order valence-corrected chi connectivity index (χ4v) is 5.97. The Hall–Kier alpha value is -2.93. The Kier molecular flexibility index (Phi) is 7.08. The number of nitrogens with zero attached hydrogens (tertiary/aromatic N) is 3. The molecule has 1 saturated carbocycles. The van der Waals surface area contributed by atoms with Crippen LogP contribution in [-0.2, 0) is 36.9 Å². The van der Waals surface area contributed by atoms with E-state index in [9.17, 15) is 36.3 Å². The van der Waals surface area contributed by atoms with Crippen molar-refractivity contribution in [1.82, 2.24) is 14.7 Å². The van der Waals surface area contributed by atoms with Crippen LogP contribution in [0.5, 0.6) is 0 Å². The second-order valence-electron chi connectivity index (χ2n) is 8.28. The highest BCUT2D eigenvalue weighted by Gasteiger charge is 2.47. The number of carbonyl (C=O) groups excluding carboxylic acids is 1. The number of likely N-dealkylation sites (N-methyl/N-ethyl adjacent to an activating group) is 1. The van der Waals surface area contributed by atoms with Crippen LogP contribution < -0.4 is 0 Å². The average molecular weight is 503 g/mol. The Labute approximate surface area is 194 Å². The van der Waals surface area contributed by atoms with Crippen molar-refractivity contribution in [1.29, 1.82) is 0 Å². The van der Waals surface area contributed by atoms with Gasteiger partial charge in [0.15, 0.2) is 9.84 Å². The Morgan fingerprint density at radius 3 is 2.44 bits per heavy atom. The van der Waals surface area contributed by atoms with E-state index < -0.39 is 49.7 Å². The van der Waals surface area contributed by atoms with Gasteiger partial charge in [-0.25, -0.2) is 8.42 Å². The normalized spacial score (nSPS) is 20.9. The van der Waals surface area contributed by atoms with Gasteiger partial charge in [0.2, 0.25) is 5.91 Å². The second-order valence-corrected chi connectivity index (χ2v) is 10.5. The summed E-state index contributed by atoms with van der Waals surface area (Å²) in [6.07, 6.45) is -3.79. The van der Waals surface area contributed by atoms with Crippen molar-refractivity contribution in [2.24, 2.45) is 5.92 Å². The van der Waals surface area contributed by atoms with E-state index in [-0.39, 0.29) is 36.4 Å². The molecule has 0 spiro atoms.